The number of aliphatic hydroxyl groups excluding tert-OH is 1. The summed E-state index contributed by atoms with van der Waals surface area (Å²) in [6.07, 6.45) is -0.408. The number of ether oxygens (including phenoxy) is 1. The zero-order chi connectivity index (χ0) is 27.2. The van der Waals surface area contributed by atoms with Gasteiger partial charge in [0.15, 0.2) is 0 Å². The molecule has 1 aliphatic heterocycles. The first kappa shape index (κ1) is 27.3. The third-order valence-corrected chi connectivity index (χ3v) is 6.99. The van der Waals surface area contributed by atoms with Gasteiger partial charge < -0.3 is 25.0 Å². The first-order chi connectivity index (χ1) is 18.3. The highest BCUT2D eigenvalue weighted by Crippen LogP contribution is 2.31. The fourth-order valence-corrected chi connectivity index (χ4v) is 4.66. The van der Waals surface area contributed by atoms with Gasteiger partial charge >= 0.3 is 6.03 Å². The van der Waals surface area contributed by atoms with Crippen LogP contribution in [0.1, 0.15) is 29.8 Å². The van der Waals surface area contributed by atoms with Crippen molar-refractivity contribution in [3.8, 4) is 11.1 Å². The Bertz CT molecular complexity index is 1270. The molecule has 1 heterocycles. The average Bonchev–Trinajstić information content (AvgIpc) is 2.95. The minimum atomic E-state index is -0.408. The molecule has 0 aliphatic carbocycles. The van der Waals surface area contributed by atoms with E-state index >= 15 is 0 Å². The van der Waals surface area contributed by atoms with Crippen molar-refractivity contribution >= 4 is 17.6 Å². The molecule has 3 amide bonds. The van der Waals surface area contributed by atoms with Crippen molar-refractivity contribution < 1.29 is 23.8 Å². The van der Waals surface area contributed by atoms with Crippen molar-refractivity contribution in [1.29, 1.82) is 0 Å². The highest BCUT2D eigenvalue weighted by atomic mass is 19.1. The van der Waals surface area contributed by atoms with Crippen LogP contribution in [0.3, 0.4) is 0 Å². The van der Waals surface area contributed by atoms with E-state index in [0.29, 0.717) is 24.4 Å². The molecule has 0 fully saturated rings. The number of carbonyl (C=O) groups is 2. The molecule has 0 aromatic heterocycles. The molecule has 3 aromatic rings. The zero-order valence-corrected chi connectivity index (χ0v) is 21.9. The lowest BCUT2D eigenvalue weighted by Crippen LogP contribution is -2.48. The van der Waals surface area contributed by atoms with Crippen LogP contribution >= 0.6 is 0 Å². The number of anilines is 1. The summed E-state index contributed by atoms with van der Waals surface area (Å²) in [7, 11) is 1.67. The maximum atomic E-state index is 13.9. The third kappa shape index (κ3) is 6.20. The summed E-state index contributed by atoms with van der Waals surface area (Å²) in [4.78, 5) is 30.0. The SMILES string of the molecule is C[C@H]1CN([C@@H](C)CO)C(=O)c2ccccc2-c2ccccc2CO[C@H]1CN(C)C(=O)Nc1ccc(F)cc1. The van der Waals surface area contributed by atoms with E-state index in [9.17, 15) is 19.1 Å². The van der Waals surface area contributed by atoms with Gasteiger partial charge in [-0.2, -0.15) is 0 Å². The monoisotopic (exact) mass is 519 g/mol. The summed E-state index contributed by atoms with van der Waals surface area (Å²) in [5.74, 6) is -0.701. The number of urea groups is 1. The van der Waals surface area contributed by atoms with E-state index < -0.39 is 12.1 Å². The average molecular weight is 520 g/mol. The number of rotatable bonds is 5. The minimum Gasteiger partial charge on any atom is -0.394 e. The summed E-state index contributed by atoms with van der Waals surface area (Å²) < 4.78 is 19.7. The number of aliphatic hydroxyl groups is 1. The number of fused-ring (bicyclic) bond motifs is 3. The van der Waals surface area contributed by atoms with Crippen molar-refractivity contribution in [3.63, 3.8) is 0 Å². The van der Waals surface area contributed by atoms with E-state index in [1.165, 1.54) is 29.2 Å². The first-order valence-corrected chi connectivity index (χ1v) is 12.8. The molecule has 3 atom stereocenters. The van der Waals surface area contributed by atoms with Crippen LogP contribution in [0.4, 0.5) is 14.9 Å². The molecule has 7 nitrogen and oxygen atoms in total. The summed E-state index contributed by atoms with van der Waals surface area (Å²) >= 11 is 0. The molecule has 0 bridgehead atoms. The second-order valence-electron chi connectivity index (χ2n) is 9.84. The number of hydrogen-bond acceptors (Lipinski definition) is 4. The molecular formula is C30H34FN3O4. The Hall–Kier alpha value is -3.75. The second-order valence-corrected chi connectivity index (χ2v) is 9.84. The van der Waals surface area contributed by atoms with Gasteiger partial charge in [-0.15, -0.1) is 0 Å². The number of halogens is 1. The molecule has 0 saturated heterocycles. The Labute approximate surface area is 222 Å². The Balaban J connectivity index is 1.64. The van der Waals surface area contributed by atoms with Crippen LogP contribution in [0.5, 0.6) is 0 Å². The summed E-state index contributed by atoms with van der Waals surface area (Å²) in [6.45, 7) is 4.52. The van der Waals surface area contributed by atoms with Crippen LogP contribution in [0.2, 0.25) is 0 Å². The van der Waals surface area contributed by atoms with Gasteiger partial charge in [-0.05, 0) is 53.9 Å². The van der Waals surface area contributed by atoms with Crippen molar-refractivity contribution in [2.75, 3.05) is 32.1 Å². The molecular weight excluding hydrogens is 485 g/mol. The number of nitrogens with one attached hydrogen (secondary N) is 1. The van der Waals surface area contributed by atoms with E-state index in [2.05, 4.69) is 5.32 Å². The normalized spacial score (nSPS) is 18.6. The van der Waals surface area contributed by atoms with Crippen molar-refractivity contribution in [2.45, 2.75) is 32.6 Å². The smallest absolute Gasteiger partial charge is 0.321 e. The number of carbonyl (C=O) groups excluding carboxylic acids is 2. The van der Waals surface area contributed by atoms with E-state index in [4.69, 9.17) is 4.74 Å². The molecule has 2 N–H and O–H groups in total. The standard InChI is InChI=1S/C30H34FN3O4/c1-20-16-34(21(2)18-35)29(36)27-11-7-6-10-26(27)25-9-5-4-8-22(25)19-38-28(20)17-33(3)30(37)32-24-14-12-23(31)13-15-24/h4-15,20-21,28,35H,16-19H2,1-3H3,(H,32,37)/t20-,21-,28-/m0/s1. The van der Waals surface area contributed by atoms with Crippen LogP contribution in [0, 0.1) is 11.7 Å². The Morgan fingerprint density at radius 1 is 1.08 bits per heavy atom. The number of amides is 3. The molecule has 38 heavy (non-hydrogen) atoms. The van der Waals surface area contributed by atoms with Crippen LogP contribution in [0.25, 0.3) is 11.1 Å². The van der Waals surface area contributed by atoms with Crippen molar-refractivity contribution in [2.24, 2.45) is 5.92 Å². The highest BCUT2D eigenvalue weighted by Gasteiger charge is 2.31. The summed E-state index contributed by atoms with van der Waals surface area (Å²) in [5.41, 5.74) is 3.71. The maximum Gasteiger partial charge on any atom is 0.321 e. The molecule has 0 saturated carbocycles. The fraction of sp³-hybridized carbons (Fsp3) is 0.333. The molecule has 0 radical (unpaired) electrons. The Morgan fingerprint density at radius 2 is 1.71 bits per heavy atom. The topological polar surface area (TPSA) is 82.1 Å². The number of nitrogens with zero attached hydrogens (tertiary/aromatic N) is 2. The molecule has 1 aliphatic rings. The lowest BCUT2D eigenvalue weighted by atomic mass is 9.94. The van der Waals surface area contributed by atoms with Crippen LogP contribution in [0.15, 0.2) is 72.8 Å². The molecule has 4 rings (SSSR count). The molecule has 8 heteroatoms. The van der Waals surface area contributed by atoms with E-state index in [-0.39, 0.29) is 36.8 Å². The number of hydrogen-bond donors (Lipinski definition) is 2. The van der Waals surface area contributed by atoms with Crippen LogP contribution in [-0.2, 0) is 11.3 Å². The molecule has 200 valence electrons. The predicted molar refractivity (Wildman–Crippen MR) is 145 cm³/mol. The largest absolute Gasteiger partial charge is 0.394 e. The highest BCUT2D eigenvalue weighted by molar-refractivity contribution is 6.01. The number of benzene rings is 3. The van der Waals surface area contributed by atoms with Gasteiger partial charge in [0, 0.05) is 37.3 Å². The van der Waals surface area contributed by atoms with Gasteiger partial charge in [0.1, 0.15) is 5.82 Å². The molecule has 3 aromatic carbocycles. The number of likely N-dealkylation sites (N-methyl/N-ethyl adjacent to an activating group) is 1. The van der Waals surface area contributed by atoms with Gasteiger partial charge in [-0.1, -0.05) is 49.4 Å². The second kappa shape index (κ2) is 12.2. The first-order valence-electron chi connectivity index (χ1n) is 12.8. The van der Waals surface area contributed by atoms with Crippen molar-refractivity contribution in [1.82, 2.24) is 9.80 Å². The minimum absolute atomic E-state index is 0.160. The van der Waals surface area contributed by atoms with E-state index in [0.717, 1.165) is 16.7 Å². The third-order valence-electron chi connectivity index (χ3n) is 6.99. The summed E-state index contributed by atoms with van der Waals surface area (Å²) in [5, 5.41) is 12.7. The fourth-order valence-electron chi connectivity index (χ4n) is 4.66. The quantitative estimate of drug-likeness (QED) is 0.496. The lowest BCUT2D eigenvalue weighted by molar-refractivity contribution is -0.0178. The van der Waals surface area contributed by atoms with Crippen LogP contribution < -0.4 is 5.32 Å². The summed E-state index contributed by atoms with van der Waals surface area (Å²) in [6, 6.07) is 20.1. The van der Waals surface area contributed by atoms with Gasteiger partial charge in [0.2, 0.25) is 0 Å². The van der Waals surface area contributed by atoms with Gasteiger partial charge in [-0.25, -0.2) is 9.18 Å². The van der Waals surface area contributed by atoms with Crippen LogP contribution in [-0.4, -0.2) is 65.7 Å². The lowest BCUT2D eigenvalue weighted by Gasteiger charge is -2.35. The van der Waals surface area contributed by atoms with Gasteiger partial charge in [0.05, 0.1) is 25.4 Å². The van der Waals surface area contributed by atoms with Gasteiger partial charge in [0.25, 0.3) is 5.91 Å². The van der Waals surface area contributed by atoms with Gasteiger partial charge in [-0.3, -0.25) is 4.79 Å². The maximum absolute atomic E-state index is 13.9. The Kier molecular flexibility index (Phi) is 8.76. The van der Waals surface area contributed by atoms with E-state index in [1.54, 1.807) is 11.9 Å². The molecule has 0 spiro atoms. The molecule has 0 unspecified atom stereocenters. The van der Waals surface area contributed by atoms with Crippen molar-refractivity contribution in [3.05, 3.63) is 89.7 Å². The predicted octanol–water partition coefficient (Wildman–Crippen LogP) is 5.01. The zero-order valence-electron chi connectivity index (χ0n) is 21.9. The Morgan fingerprint density at radius 3 is 2.39 bits per heavy atom. The van der Waals surface area contributed by atoms with E-state index in [1.807, 2.05) is 62.4 Å².